The van der Waals surface area contributed by atoms with Crippen LogP contribution in [0.2, 0.25) is 0 Å². The number of nitrogens with one attached hydrogen (secondary N) is 3. The molecule has 0 saturated heterocycles. The van der Waals surface area contributed by atoms with Crippen molar-refractivity contribution in [2.75, 3.05) is 17.7 Å². The summed E-state index contributed by atoms with van der Waals surface area (Å²) in [6, 6.07) is 8.42. The second kappa shape index (κ2) is 6.81. The van der Waals surface area contributed by atoms with Crippen LogP contribution in [0, 0.1) is 5.41 Å². The average molecular weight is 359 g/mol. The van der Waals surface area contributed by atoms with Gasteiger partial charge in [-0.2, -0.15) is 0 Å². The fraction of sp³-hybridized carbons (Fsp3) is 0.294. The van der Waals surface area contributed by atoms with E-state index in [-0.39, 0.29) is 4.90 Å². The Morgan fingerprint density at radius 2 is 2.00 bits per heavy atom. The van der Waals surface area contributed by atoms with Crippen LogP contribution < -0.4 is 15.8 Å². The molecule has 1 saturated carbocycles. The molecular weight excluding hydrogens is 338 g/mol. The molecule has 0 unspecified atom stereocenters. The normalized spacial score (nSPS) is 14.2. The second-order valence-electron chi connectivity index (χ2n) is 6.07. The van der Waals surface area contributed by atoms with Crippen LogP contribution in [0.15, 0.2) is 35.2 Å². The van der Waals surface area contributed by atoms with E-state index in [1.54, 1.807) is 19.2 Å². The van der Waals surface area contributed by atoms with Gasteiger partial charge < -0.3 is 16.0 Å². The third-order valence-corrected chi connectivity index (χ3v) is 5.12. The molecule has 0 radical (unpaired) electrons. The van der Waals surface area contributed by atoms with Crippen molar-refractivity contribution in [3.05, 3.63) is 47.2 Å². The third kappa shape index (κ3) is 3.97. The third-order valence-electron chi connectivity index (χ3n) is 4.19. The van der Waals surface area contributed by atoms with Crippen molar-refractivity contribution in [3.63, 3.8) is 0 Å². The number of rotatable bonds is 7. The summed E-state index contributed by atoms with van der Waals surface area (Å²) >= 11 is 0. The van der Waals surface area contributed by atoms with Crippen molar-refractivity contribution in [3.8, 4) is 0 Å². The number of pyridine rings is 1. The molecule has 0 bridgehead atoms. The minimum Gasteiger partial charge on any atom is -0.380 e. The Labute approximate surface area is 147 Å². The number of primary sulfonamides is 1. The number of anilines is 2. The zero-order valence-corrected chi connectivity index (χ0v) is 14.7. The minimum atomic E-state index is -3.68. The molecule has 0 aliphatic heterocycles. The average Bonchev–Trinajstić information content (AvgIpc) is 3.43. The van der Waals surface area contributed by atoms with E-state index in [0.717, 1.165) is 29.8 Å². The summed E-state index contributed by atoms with van der Waals surface area (Å²) in [5, 5.41) is 19.2. The molecule has 132 valence electrons. The Balaban J connectivity index is 1.82. The Kier molecular flexibility index (Phi) is 4.73. The number of hydrogen-bond acceptors (Lipinski definition) is 6. The molecule has 5 N–H and O–H groups in total. The Hall–Kier alpha value is -2.45. The SMILES string of the molecule is CNc1nc(C2CC2)cc(NCc2ccc(S(N)(=O)=O)cc2)c1C=N. The summed E-state index contributed by atoms with van der Waals surface area (Å²) in [5.41, 5.74) is 3.49. The lowest BCUT2D eigenvalue weighted by Gasteiger charge is -2.15. The fourth-order valence-electron chi connectivity index (χ4n) is 2.64. The molecule has 3 rings (SSSR count). The second-order valence-corrected chi connectivity index (χ2v) is 7.63. The van der Waals surface area contributed by atoms with Crippen LogP contribution in [0.4, 0.5) is 11.5 Å². The molecule has 1 aromatic heterocycles. The topological polar surface area (TPSA) is 121 Å². The van der Waals surface area contributed by atoms with Crippen molar-refractivity contribution in [2.24, 2.45) is 5.14 Å². The highest BCUT2D eigenvalue weighted by Gasteiger charge is 2.26. The van der Waals surface area contributed by atoms with Gasteiger partial charge in [-0.05, 0) is 36.6 Å². The first kappa shape index (κ1) is 17.4. The van der Waals surface area contributed by atoms with Gasteiger partial charge in [0.1, 0.15) is 5.82 Å². The summed E-state index contributed by atoms with van der Waals surface area (Å²) in [7, 11) is -1.89. The monoisotopic (exact) mass is 359 g/mol. The number of hydrogen-bond donors (Lipinski definition) is 4. The van der Waals surface area contributed by atoms with Crippen LogP contribution in [0.1, 0.15) is 35.6 Å². The lowest BCUT2D eigenvalue weighted by Crippen LogP contribution is -2.12. The quantitative estimate of drug-likeness (QED) is 0.565. The van der Waals surface area contributed by atoms with Gasteiger partial charge in [0.05, 0.1) is 10.5 Å². The number of benzene rings is 1. The van der Waals surface area contributed by atoms with Crippen LogP contribution in [-0.2, 0) is 16.6 Å². The van der Waals surface area contributed by atoms with Gasteiger partial charge in [-0.25, -0.2) is 18.5 Å². The molecule has 1 aliphatic carbocycles. The van der Waals surface area contributed by atoms with Crippen molar-refractivity contribution in [2.45, 2.75) is 30.2 Å². The first-order chi connectivity index (χ1) is 11.9. The smallest absolute Gasteiger partial charge is 0.238 e. The van der Waals surface area contributed by atoms with E-state index >= 15 is 0 Å². The molecular formula is C17H21N5O2S. The molecule has 2 aromatic rings. The highest BCUT2D eigenvalue weighted by molar-refractivity contribution is 7.89. The van der Waals surface area contributed by atoms with E-state index < -0.39 is 10.0 Å². The molecule has 1 fully saturated rings. The van der Waals surface area contributed by atoms with E-state index in [4.69, 9.17) is 10.5 Å². The molecule has 1 aromatic carbocycles. The van der Waals surface area contributed by atoms with Gasteiger partial charge in [-0.15, -0.1) is 0 Å². The van der Waals surface area contributed by atoms with Crippen LogP contribution in [0.25, 0.3) is 0 Å². The van der Waals surface area contributed by atoms with Gasteiger partial charge >= 0.3 is 0 Å². The van der Waals surface area contributed by atoms with Gasteiger partial charge in [-0.1, -0.05) is 12.1 Å². The molecule has 0 spiro atoms. The van der Waals surface area contributed by atoms with Crippen molar-refractivity contribution < 1.29 is 8.42 Å². The summed E-state index contributed by atoms with van der Waals surface area (Å²) < 4.78 is 22.6. The van der Waals surface area contributed by atoms with Gasteiger partial charge in [0.25, 0.3) is 0 Å². The molecule has 0 atom stereocenters. The highest BCUT2D eigenvalue weighted by Crippen LogP contribution is 2.41. The lowest BCUT2D eigenvalue weighted by atomic mass is 10.1. The fourth-order valence-corrected chi connectivity index (χ4v) is 3.16. The van der Waals surface area contributed by atoms with E-state index in [9.17, 15) is 8.42 Å². The molecule has 1 heterocycles. The Bertz CT molecular complexity index is 890. The van der Waals surface area contributed by atoms with Crippen LogP contribution in [-0.4, -0.2) is 26.7 Å². The van der Waals surface area contributed by atoms with Crippen LogP contribution in [0.5, 0.6) is 0 Å². The predicted octanol–water partition coefficient (Wildman–Crippen LogP) is 2.26. The van der Waals surface area contributed by atoms with E-state index in [0.29, 0.717) is 23.8 Å². The summed E-state index contributed by atoms with van der Waals surface area (Å²) in [6.45, 7) is 0.503. The molecule has 1 aliphatic rings. The summed E-state index contributed by atoms with van der Waals surface area (Å²) in [5.74, 6) is 1.19. The standard InChI is InChI=1S/C17H21N5O2S/c1-20-17-14(9-18)16(8-15(22-17)12-4-5-12)21-10-11-2-6-13(7-3-11)25(19,23)24/h2-3,6-9,12,18H,4-5,10H2,1H3,(H2,19,23,24)(H2,20,21,22). The molecule has 0 amide bonds. The predicted molar refractivity (Wildman–Crippen MR) is 98.8 cm³/mol. The number of nitrogens with two attached hydrogens (primary N) is 1. The highest BCUT2D eigenvalue weighted by atomic mass is 32.2. The van der Waals surface area contributed by atoms with Gasteiger partial charge in [0.2, 0.25) is 10.0 Å². The van der Waals surface area contributed by atoms with E-state index in [2.05, 4.69) is 15.6 Å². The molecule has 25 heavy (non-hydrogen) atoms. The Morgan fingerprint density at radius 1 is 1.32 bits per heavy atom. The first-order valence-electron chi connectivity index (χ1n) is 8.01. The van der Waals surface area contributed by atoms with E-state index in [1.807, 2.05) is 6.07 Å². The summed E-state index contributed by atoms with van der Waals surface area (Å²) in [6.07, 6.45) is 3.57. The first-order valence-corrected chi connectivity index (χ1v) is 9.56. The zero-order chi connectivity index (χ0) is 18.0. The van der Waals surface area contributed by atoms with E-state index in [1.165, 1.54) is 18.3 Å². The number of sulfonamides is 1. The van der Waals surface area contributed by atoms with Crippen molar-refractivity contribution in [1.29, 1.82) is 5.41 Å². The number of aromatic nitrogens is 1. The van der Waals surface area contributed by atoms with Crippen molar-refractivity contribution in [1.82, 2.24) is 4.98 Å². The van der Waals surface area contributed by atoms with Crippen LogP contribution in [0.3, 0.4) is 0 Å². The maximum atomic E-state index is 11.3. The summed E-state index contributed by atoms with van der Waals surface area (Å²) in [4.78, 5) is 4.69. The maximum Gasteiger partial charge on any atom is 0.238 e. The Morgan fingerprint density at radius 3 is 2.52 bits per heavy atom. The largest absolute Gasteiger partial charge is 0.380 e. The molecule has 7 nitrogen and oxygen atoms in total. The minimum absolute atomic E-state index is 0.0915. The zero-order valence-electron chi connectivity index (χ0n) is 13.9. The van der Waals surface area contributed by atoms with Gasteiger partial charge in [-0.3, -0.25) is 0 Å². The van der Waals surface area contributed by atoms with Crippen LogP contribution >= 0.6 is 0 Å². The number of nitrogens with zero attached hydrogens (tertiary/aromatic N) is 1. The van der Waals surface area contributed by atoms with Gasteiger partial charge in [0, 0.05) is 37.1 Å². The maximum absolute atomic E-state index is 11.3. The lowest BCUT2D eigenvalue weighted by molar-refractivity contribution is 0.598. The van der Waals surface area contributed by atoms with Crippen molar-refractivity contribution >= 4 is 27.7 Å². The molecule has 8 heteroatoms. The van der Waals surface area contributed by atoms with Gasteiger partial charge in [0.15, 0.2) is 0 Å².